The van der Waals surface area contributed by atoms with Gasteiger partial charge in [0.1, 0.15) is 12.1 Å². The second-order valence-corrected chi connectivity index (χ2v) is 7.63. The molecule has 0 bridgehead atoms. The maximum Gasteiger partial charge on any atom is 0.327 e. The quantitative estimate of drug-likeness (QED) is 0.501. The number of carbonyl (C=O) groups excluding carboxylic acids is 4. The number of rotatable bonds is 8. The van der Waals surface area contributed by atoms with E-state index in [0.29, 0.717) is 18.5 Å². The average Bonchev–Trinajstić information content (AvgIpc) is 2.97. The highest BCUT2D eigenvalue weighted by molar-refractivity contribution is 6.08. The van der Waals surface area contributed by atoms with Crippen LogP contribution in [-0.2, 0) is 25.5 Å². The maximum atomic E-state index is 12.8. The second-order valence-electron chi connectivity index (χ2n) is 7.63. The van der Waals surface area contributed by atoms with Gasteiger partial charge in [0.2, 0.25) is 0 Å². The van der Waals surface area contributed by atoms with E-state index in [1.54, 1.807) is 31.2 Å². The van der Waals surface area contributed by atoms with E-state index in [1.165, 1.54) is 6.92 Å². The predicted molar refractivity (Wildman–Crippen MR) is 114 cm³/mol. The molecule has 1 saturated heterocycles. The van der Waals surface area contributed by atoms with Crippen molar-refractivity contribution in [1.82, 2.24) is 10.2 Å². The molecule has 1 fully saturated rings. The Hall–Kier alpha value is -3.68. The van der Waals surface area contributed by atoms with Crippen LogP contribution in [0, 0.1) is 0 Å². The van der Waals surface area contributed by atoms with Gasteiger partial charge in [0, 0.05) is 5.69 Å². The largest absolute Gasteiger partial charge is 0.451 e. The topological polar surface area (TPSA) is 105 Å². The summed E-state index contributed by atoms with van der Waals surface area (Å²) in [5.74, 6) is -1.84. The average molecular weight is 423 g/mol. The highest BCUT2D eigenvalue weighted by atomic mass is 16.5. The van der Waals surface area contributed by atoms with Crippen LogP contribution in [0.5, 0.6) is 0 Å². The Morgan fingerprint density at radius 3 is 2.32 bits per heavy atom. The lowest BCUT2D eigenvalue weighted by Crippen LogP contribution is -2.45. The molecular weight excluding hydrogens is 398 g/mol. The number of benzene rings is 2. The lowest BCUT2D eigenvalue weighted by atomic mass is 9.93. The summed E-state index contributed by atoms with van der Waals surface area (Å²) >= 11 is 0. The molecule has 0 aliphatic carbocycles. The van der Waals surface area contributed by atoms with Crippen molar-refractivity contribution in [2.24, 2.45) is 0 Å². The van der Waals surface area contributed by atoms with Crippen molar-refractivity contribution in [3.63, 3.8) is 0 Å². The van der Waals surface area contributed by atoms with Gasteiger partial charge in [-0.15, -0.1) is 0 Å². The summed E-state index contributed by atoms with van der Waals surface area (Å²) in [7, 11) is 0. The minimum Gasteiger partial charge on any atom is -0.451 e. The summed E-state index contributed by atoms with van der Waals surface area (Å²) in [6.45, 7) is 2.50. The first-order valence-electron chi connectivity index (χ1n) is 10.0. The van der Waals surface area contributed by atoms with Crippen LogP contribution in [0.2, 0.25) is 0 Å². The summed E-state index contributed by atoms with van der Waals surface area (Å²) in [6, 6.07) is 17.7. The number of hydrogen-bond donors (Lipinski definition) is 2. The molecule has 3 rings (SSSR count). The molecular formula is C23H25N3O5. The first-order valence-corrected chi connectivity index (χ1v) is 10.0. The van der Waals surface area contributed by atoms with Gasteiger partial charge < -0.3 is 15.4 Å². The van der Waals surface area contributed by atoms with Gasteiger partial charge in [0.15, 0.2) is 6.10 Å². The Bertz CT molecular complexity index is 964. The number of nitrogens with one attached hydrogen (secondary N) is 2. The van der Waals surface area contributed by atoms with Crippen LogP contribution in [0.1, 0.15) is 25.8 Å². The number of hydrogen-bond acceptors (Lipinski definition) is 5. The second kappa shape index (κ2) is 9.42. The molecule has 31 heavy (non-hydrogen) atoms. The van der Waals surface area contributed by atoms with Gasteiger partial charge >= 0.3 is 12.0 Å². The minimum absolute atomic E-state index is 0.392. The number of carbonyl (C=O) groups is 4. The monoisotopic (exact) mass is 423 g/mol. The van der Waals surface area contributed by atoms with Crippen molar-refractivity contribution in [2.75, 3.05) is 11.9 Å². The molecule has 2 N–H and O–H groups in total. The fourth-order valence-corrected chi connectivity index (χ4v) is 3.28. The van der Waals surface area contributed by atoms with Crippen LogP contribution < -0.4 is 10.6 Å². The third-order valence-corrected chi connectivity index (χ3v) is 5.11. The lowest BCUT2D eigenvalue weighted by Gasteiger charge is -2.21. The Morgan fingerprint density at radius 2 is 1.68 bits per heavy atom. The molecule has 2 atom stereocenters. The van der Waals surface area contributed by atoms with Crippen molar-refractivity contribution in [2.45, 2.75) is 38.3 Å². The number of aryl methyl sites for hydroxylation is 1. The van der Waals surface area contributed by atoms with Crippen molar-refractivity contribution >= 4 is 29.5 Å². The number of nitrogens with zero attached hydrogens (tertiary/aromatic N) is 1. The van der Waals surface area contributed by atoms with E-state index >= 15 is 0 Å². The van der Waals surface area contributed by atoms with Gasteiger partial charge in [0.05, 0.1) is 0 Å². The van der Waals surface area contributed by atoms with E-state index in [1.807, 2.05) is 36.4 Å². The molecule has 1 aliphatic heterocycles. The molecule has 0 aromatic heterocycles. The fourth-order valence-electron chi connectivity index (χ4n) is 3.28. The van der Waals surface area contributed by atoms with Gasteiger partial charge in [-0.1, -0.05) is 48.5 Å². The number of imide groups is 1. The zero-order chi connectivity index (χ0) is 22.4. The molecule has 162 valence electrons. The zero-order valence-corrected chi connectivity index (χ0v) is 17.5. The van der Waals surface area contributed by atoms with Crippen molar-refractivity contribution in [3.05, 3.63) is 66.2 Å². The number of anilines is 1. The molecule has 8 heteroatoms. The maximum absolute atomic E-state index is 12.8. The van der Waals surface area contributed by atoms with Gasteiger partial charge in [-0.25, -0.2) is 4.79 Å². The van der Waals surface area contributed by atoms with E-state index < -0.39 is 42.0 Å². The molecule has 1 aliphatic rings. The number of esters is 1. The molecule has 4 amide bonds. The molecule has 2 aromatic rings. The first-order chi connectivity index (χ1) is 14.8. The summed E-state index contributed by atoms with van der Waals surface area (Å²) in [4.78, 5) is 50.4. The van der Waals surface area contributed by atoms with Crippen molar-refractivity contribution < 1.29 is 23.9 Å². The Balaban J connectivity index is 1.53. The molecule has 0 spiro atoms. The van der Waals surface area contributed by atoms with Crippen LogP contribution in [-0.4, -0.2) is 46.9 Å². The number of urea groups is 1. The SMILES string of the molecule is C[C@@H](OC(=O)CN1C(=O)N[C@@](C)(CCc2ccccc2)C1=O)C(=O)Nc1ccccc1. The lowest BCUT2D eigenvalue weighted by molar-refractivity contribution is -0.155. The van der Waals surface area contributed by atoms with E-state index in [0.717, 1.165) is 10.5 Å². The minimum atomic E-state index is -1.11. The van der Waals surface area contributed by atoms with Crippen LogP contribution in [0.15, 0.2) is 60.7 Å². The fraction of sp³-hybridized carbons (Fsp3) is 0.304. The summed E-state index contributed by atoms with van der Waals surface area (Å²) in [6.07, 6.45) is -0.0978. The highest BCUT2D eigenvalue weighted by Gasteiger charge is 2.48. The van der Waals surface area contributed by atoms with Crippen LogP contribution in [0.3, 0.4) is 0 Å². The Labute approximate surface area is 180 Å². The van der Waals surface area contributed by atoms with E-state index in [2.05, 4.69) is 10.6 Å². The predicted octanol–water partition coefficient (Wildman–Crippen LogP) is 2.50. The summed E-state index contributed by atoms with van der Waals surface area (Å²) in [5.41, 5.74) is 0.504. The Morgan fingerprint density at radius 1 is 1.06 bits per heavy atom. The summed E-state index contributed by atoms with van der Waals surface area (Å²) < 4.78 is 5.12. The van der Waals surface area contributed by atoms with Crippen LogP contribution in [0.4, 0.5) is 10.5 Å². The van der Waals surface area contributed by atoms with Gasteiger partial charge in [-0.3, -0.25) is 19.3 Å². The normalized spacial score (nSPS) is 19.0. The smallest absolute Gasteiger partial charge is 0.327 e. The zero-order valence-electron chi connectivity index (χ0n) is 17.5. The standard InChI is InChI=1S/C23H25N3O5/c1-16(20(28)24-18-11-7-4-8-12-18)31-19(27)15-26-21(29)23(2,25-22(26)30)14-13-17-9-5-3-6-10-17/h3-12,16H,13-15H2,1-2H3,(H,24,28)(H,25,30)/t16-,23+/m1/s1. The van der Waals surface area contributed by atoms with Crippen LogP contribution >= 0.6 is 0 Å². The van der Waals surface area contributed by atoms with Crippen molar-refractivity contribution in [1.29, 1.82) is 0 Å². The van der Waals surface area contributed by atoms with E-state index in [-0.39, 0.29) is 0 Å². The third-order valence-electron chi connectivity index (χ3n) is 5.11. The van der Waals surface area contributed by atoms with E-state index in [9.17, 15) is 19.2 Å². The molecule has 2 aromatic carbocycles. The molecule has 0 unspecified atom stereocenters. The number of ether oxygens (including phenoxy) is 1. The van der Waals surface area contributed by atoms with Gasteiger partial charge in [-0.2, -0.15) is 0 Å². The first kappa shape index (κ1) is 22.0. The highest BCUT2D eigenvalue weighted by Crippen LogP contribution is 2.23. The van der Waals surface area contributed by atoms with Gasteiger partial charge in [-0.05, 0) is 44.4 Å². The number of para-hydroxylation sites is 1. The number of amides is 4. The van der Waals surface area contributed by atoms with E-state index in [4.69, 9.17) is 4.74 Å². The Kier molecular flexibility index (Phi) is 6.69. The van der Waals surface area contributed by atoms with Crippen molar-refractivity contribution in [3.8, 4) is 0 Å². The molecule has 0 radical (unpaired) electrons. The molecule has 1 heterocycles. The van der Waals surface area contributed by atoms with Gasteiger partial charge in [0.25, 0.3) is 11.8 Å². The molecule has 8 nitrogen and oxygen atoms in total. The van der Waals surface area contributed by atoms with Crippen LogP contribution in [0.25, 0.3) is 0 Å². The molecule has 0 saturated carbocycles. The third kappa shape index (κ3) is 5.48. The summed E-state index contributed by atoms with van der Waals surface area (Å²) in [5, 5.41) is 5.29.